The van der Waals surface area contributed by atoms with Crippen LogP contribution in [0.4, 0.5) is 10.5 Å². The summed E-state index contributed by atoms with van der Waals surface area (Å²) in [6.45, 7) is 0.813. The maximum atomic E-state index is 13.0. The number of hydrogen-bond acceptors (Lipinski definition) is 8. The van der Waals surface area contributed by atoms with E-state index in [0.717, 1.165) is 33.0 Å². The van der Waals surface area contributed by atoms with Crippen molar-refractivity contribution in [1.29, 1.82) is 0 Å². The molecule has 0 bridgehead atoms. The molecule has 212 valence electrons. The molecular weight excluding hydrogens is 556 g/mol. The number of carbonyl (C=O) groups excluding carboxylic acids is 3. The maximum Gasteiger partial charge on any atom is 0.294 e. The Bertz CT molecular complexity index is 1730. The number of nitrogens with zero attached hydrogens (tertiary/aromatic N) is 1. The summed E-state index contributed by atoms with van der Waals surface area (Å²) in [5, 5.41) is 4.43. The smallest absolute Gasteiger partial charge is 0.294 e. The van der Waals surface area contributed by atoms with Gasteiger partial charge in [-0.05, 0) is 64.0 Å². The molecule has 0 saturated carbocycles. The van der Waals surface area contributed by atoms with Crippen LogP contribution in [0.3, 0.4) is 0 Å². The molecule has 0 spiro atoms. The maximum absolute atomic E-state index is 13.0. The van der Waals surface area contributed by atoms with E-state index in [1.807, 2.05) is 24.3 Å². The zero-order chi connectivity index (χ0) is 29.1. The summed E-state index contributed by atoms with van der Waals surface area (Å²) in [4.78, 5) is 39.4. The molecule has 4 aromatic rings. The van der Waals surface area contributed by atoms with Gasteiger partial charge in [0.05, 0.1) is 12.0 Å². The minimum absolute atomic E-state index is 0.207. The van der Waals surface area contributed by atoms with E-state index in [-0.39, 0.29) is 4.91 Å². The number of nitrogens with one attached hydrogen (secondary N) is 1. The zero-order valence-corrected chi connectivity index (χ0v) is 23.4. The Morgan fingerprint density at radius 3 is 2.62 bits per heavy atom. The van der Waals surface area contributed by atoms with Crippen molar-refractivity contribution in [2.45, 2.75) is 6.61 Å². The van der Waals surface area contributed by atoms with E-state index in [0.29, 0.717) is 54.1 Å². The van der Waals surface area contributed by atoms with Crippen LogP contribution in [0.1, 0.15) is 11.1 Å². The molecule has 2 aliphatic heterocycles. The highest BCUT2D eigenvalue weighted by atomic mass is 32.2. The summed E-state index contributed by atoms with van der Waals surface area (Å²) in [6.07, 6.45) is 1.60. The summed E-state index contributed by atoms with van der Waals surface area (Å²) in [7, 11) is 1.54. The quantitative estimate of drug-likeness (QED) is 0.257. The first-order chi connectivity index (χ1) is 20.5. The van der Waals surface area contributed by atoms with E-state index in [1.54, 1.807) is 42.5 Å². The molecule has 0 aromatic heterocycles. The van der Waals surface area contributed by atoms with Crippen molar-refractivity contribution in [1.82, 2.24) is 4.90 Å². The molecule has 2 heterocycles. The fraction of sp³-hybridized carbons (Fsp3) is 0.156. The lowest BCUT2D eigenvalue weighted by molar-refractivity contribution is -0.127. The van der Waals surface area contributed by atoms with Gasteiger partial charge in [-0.1, -0.05) is 48.5 Å². The van der Waals surface area contributed by atoms with Crippen molar-refractivity contribution in [3.8, 4) is 23.0 Å². The molecular formula is C32H26N2O7S. The van der Waals surface area contributed by atoms with Gasteiger partial charge < -0.3 is 24.3 Å². The zero-order valence-electron chi connectivity index (χ0n) is 22.6. The number of rotatable bonds is 8. The van der Waals surface area contributed by atoms with Crippen molar-refractivity contribution in [2.24, 2.45) is 0 Å². The Kier molecular flexibility index (Phi) is 7.70. The van der Waals surface area contributed by atoms with Crippen LogP contribution in [0.2, 0.25) is 0 Å². The van der Waals surface area contributed by atoms with Gasteiger partial charge in [-0.25, -0.2) is 0 Å². The molecule has 9 nitrogen and oxygen atoms in total. The van der Waals surface area contributed by atoms with Gasteiger partial charge in [0.1, 0.15) is 26.4 Å². The molecule has 0 radical (unpaired) electrons. The van der Waals surface area contributed by atoms with Crippen LogP contribution < -0.4 is 24.3 Å². The minimum Gasteiger partial charge on any atom is -0.493 e. The van der Waals surface area contributed by atoms with Gasteiger partial charge >= 0.3 is 0 Å². The molecule has 1 N–H and O–H groups in total. The Balaban J connectivity index is 1.11. The molecule has 2 aliphatic rings. The number of benzene rings is 4. The van der Waals surface area contributed by atoms with Crippen LogP contribution in [0.25, 0.3) is 16.8 Å². The van der Waals surface area contributed by atoms with E-state index >= 15 is 0 Å². The molecule has 42 heavy (non-hydrogen) atoms. The Morgan fingerprint density at radius 2 is 1.76 bits per heavy atom. The fourth-order valence-electron chi connectivity index (χ4n) is 4.72. The highest BCUT2D eigenvalue weighted by Crippen LogP contribution is 2.36. The first-order valence-electron chi connectivity index (χ1n) is 13.2. The fourth-order valence-corrected chi connectivity index (χ4v) is 5.56. The van der Waals surface area contributed by atoms with Gasteiger partial charge in [0.25, 0.3) is 11.1 Å². The molecule has 0 aliphatic carbocycles. The predicted octanol–water partition coefficient (Wildman–Crippen LogP) is 5.87. The van der Waals surface area contributed by atoms with Crippen LogP contribution in [0, 0.1) is 0 Å². The number of carbonyl (C=O) groups is 3. The number of fused-ring (bicyclic) bond motifs is 2. The van der Waals surface area contributed by atoms with E-state index in [1.165, 1.54) is 7.11 Å². The molecule has 0 unspecified atom stereocenters. The predicted molar refractivity (Wildman–Crippen MR) is 160 cm³/mol. The number of amides is 3. The Labute approximate surface area is 246 Å². The summed E-state index contributed by atoms with van der Waals surface area (Å²) >= 11 is 0.780. The molecule has 1 fully saturated rings. The number of thioether (sulfide) groups is 1. The summed E-state index contributed by atoms with van der Waals surface area (Å²) < 4.78 is 22.7. The van der Waals surface area contributed by atoms with Gasteiger partial charge in [0, 0.05) is 11.8 Å². The Morgan fingerprint density at radius 1 is 0.952 bits per heavy atom. The largest absolute Gasteiger partial charge is 0.493 e. The summed E-state index contributed by atoms with van der Waals surface area (Å²) in [5.74, 6) is 1.10. The van der Waals surface area contributed by atoms with Crippen molar-refractivity contribution >= 4 is 51.4 Å². The lowest BCUT2D eigenvalue weighted by Gasteiger charge is -2.19. The van der Waals surface area contributed by atoms with Crippen LogP contribution in [0.15, 0.2) is 83.8 Å². The normalized spacial score (nSPS) is 15.3. The minimum atomic E-state index is -0.544. The SMILES string of the molecule is COc1cc(/C=C2/SC(=O)N(CC(=O)Nc3ccc4c(c3)OCCO4)C2=O)ccc1OCc1cccc2ccccc12. The van der Waals surface area contributed by atoms with Crippen molar-refractivity contribution in [3.05, 3.63) is 94.9 Å². The number of hydrogen-bond donors (Lipinski definition) is 1. The average molecular weight is 583 g/mol. The van der Waals surface area contributed by atoms with Crippen LogP contribution in [-0.4, -0.2) is 48.8 Å². The monoisotopic (exact) mass is 582 g/mol. The molecule has 0 atom stereocenters. The van der Waals surface area contributed by atoms with Gasteiger partial charge in [-0.2, -0.15) is 0 Å². The first kappa shape index (κ1) is 27.2. The second kappa shape index (κ2) is 11.9. The number of ether oxygens (including phenoxy) is 4. The summed E-state index contributed by atoms with van der Waals surface area (Å²) in [5.41, 5.74) is 2.17. The number of methoxy groups -OCH3 is 1. The number of anilines is 1. The topological polar surface area (TPSA) is 103 Å². The lowest BCUT2D eigenvalue weighted by Crippen LogP contribution is -2.36. The second-order valence-corrected chi connectivity index (χ2v) is 10.5. The number of imide groups is 1. The van der Waals surface area contributed by atoms with Crippen LogP contribution >= 0.6 is 11.8 Å². The lowest BCUT2D eigenvalue weighted by atomic mass is 10.1. The molecule has 1 saturated heterocycles. The van der Waals surface area contributed by atoms with E-state index in [4.69, 9.17) is 18.9 Å². The Hall–Kier alpha value is -4.96. The van der Waals surface area contributed by atoms with E-state index < -0.39 is 23.6 Å². The molecule has 3 amide bonds. The third kappa shape index (κ3) is 5.75. The highest BCUT2D eigenvalue weighted by Gasteiger charge is 2.36. The third-order valence-corrected chi connectivity index (χ3v) is 7.66. The van der Waals surface area contributed by atoms with E-state index in [2.05, 4.69) is 23.5 Å². The van der Waals surface area contributed by atoms with Crippen LogP contribution in [-0.2, 0) is 16.2 Å². The molecule has 10 heteroatoms. The first-order valence-corrected chi connectivity index (χ1v) is 14.0. The van der Waals surface area contributed by atoms with Gasteiger partial charge in [-0.15, -0.1) is 0 Å². The van der Waals surface area contributed by atoms with Crippen molar-refractivity contribution in [2.75, 3.05) is 32.2 Å². The van der Waals surface area contributed by atoms with Crippen molar-refractivity contribution < 1.29 is 33.3 Å². The van der Waals surface area contributed by atoms with Crippen LogP contribution in [0.5, 0.6) is 23.0 Å². The average Bonchev–Trinajstić information content (AvgIpc) is 3.27. The van der Waals surface area contributed by atoms with Gasteiger partial charge in [-0.3, -0.25) is 19.3 Å². The van der Waals surface area contributed by atoms with Crippen molar-refractivity contribution in [3.63, 3.8) is 0 Å². The highest BCUT2D eigenvalue weighted by molar-refractivity contribution is 8.18. The van der Waals surface area contributed by atoms with Gasteiger partial charge in [0.2, 0.25) is 5.91 Å². The molecule has 4 aromatic carbocycles. The van der Waals surface area contributed by atoms with Gasteiger partial charge in [0.15, 0.2) is 23.0 Å². The molecule has 6 rings (SSSR count). The standard InChI is InChI=1S/C32H26N2O7S/c1-38-27-15-20(9-11-25(27)41-19-22-7-4-6-21-5-2-3-8-24(21)22)16-29-31(36)34(32(37)42-29)18-30(35)33-23-10-12-26-28(17-23)40-14-13-39-26/h2-12,15-17H,13-14,18-19H2,1H3,(H,33,35)/b29-16+. The summed E-state index contributed by atoms with van der Waals surface area (Å²) in [6, 6.07) is 24.5. The third-order valence-electron chi connectivity index (χ3n) is 6.75. The van der Waals surface area contributed by atoms with E-state index in [9.17, 15) is 14.4 Å². The second-order valence-electron chi connectivity index (χ2n) is 9.51.